The van der Waals surface area contributed by atoms with E-state index in [-0.39, 0.29) is 18.0 Å². The molecular weight excluding hydrogens is 352 g/mol. The zero-order chi connectivity index (χ0) is 19.9. The summed E-state index contributed by atoms with van der Waals surface area (Å²) in [7, 11) is 0. The van der Waals surface area contributed by atoms with E-state index in [2.05, 4.69) is 45.1 Å². The van der Waals surface area contributed by atoms with Gasteiger partial charge in [0.2, 0.25) is 0 Å². The average molecular weight is 380 g/mol. The highest BCUT2D eigenvalue weighted by molar-refractivity contribution is 6.03. The second-order valence-corrected chi connectivity index (χ2v) is 7.35. The summed E-state index contributed by atoms with van der Waals surface area (Å²) in [5, 5.41) is 8.49. The number of amides is 3. The maximum atomic E-state index is 12.6. The van der Waals surface area contributed by atoms with Gasteiger partial charge in [-0.1, -0.05) is 36.4 Å². The van der Waals surface area contributed by atoms with Crippen LogP contribution in [0.3, 0.4) is 0 Å². The van der Waals surface area contributed by atoms with Crippen LogP contribution in [0.15, 0.2) is 48.5 Å². The summed E-state index contributed by atoms with van der Waals surface area (Å²) in [5.74, 6) is -0.183. The normalized spacial score (nSPS) is 13.7. The number of nitrogens with one attached hydrogen (secondary N) is 3. The molecule has 2 aromatic rings. The highest BCUT2D eigenvalue weighted by Crippen LogP contribution is 2.18. The molecule has 0 radical (unpaired) electrons. The van der Waals surface area contributed by atoms with E-state index in [0.717, 1.165) is 26.1 Å². The van der Waals surface area contributed by atoms with Gasteiger partial charge in [-0.3, -0.25) is 9.69 Å². The van der Waals surface area contributed by atoms with Crippen molar-refractivity contribution >= 4 is 17.6 Å². The van der Waals surface area contributed by atoms with Crippen LogP contribution in [-0.4, -0.2) is 42.5 Å². The van der Waals surface area contributed by atoms with Crippen LogP contribution in [0.1, 0.15) is 35.3 Å². The molecule has 3 rings (SSSR count). The molecular formula is C22H28N4O2. The van der Waals surface area contributed by atoms with Gasteiger partial charge in [-0.25, -0.2) is 4.79 Å². The van der Waals surface area contributed by atoms with Gasteiger partial charge < -0.3 is 16.0 Å². The third-order valence-electron chi connectivity index (χ3n) is 4.76. The molecule has 0 aromatic heterocycles. The first kappa shape index (κ1) is 19.9. The van der Waals surface area contributed by atoms with Gasteiger partial charge in [0.05, 0.1) is 11.3 Å². The SMILES string of the molecule is CC(C)NC(=O)Nc1ccccc1C(=O)NCCN1CCc2ccccc2C1. The van der Waals surface area contributed by atoms with Crippen molar-refractivity contribution in [3.05, 3.63) is 65.2 Å². The average Bonchev–Trinajstić information content (AvgIpc) is 2.67. The van der Waals surface area contributed by atoms with Crippen LogP contribution in [-0.2, 0) is 13.0 Å². The molecule has 1 aliphatic rings. The number of anilines is 1. The Hall–Kier alpha value is -2.86. The maximum absolute atomic E-state index is 12.6. The van der Waals surface area contributed by atoms with E-state index in [9.17, 15) is 9.59 Å². The lowest BCUT2D eigenvalue weighted by Crippen LogP contribution is -2.38. The number of carbonyl (C=O) groups excluding carboxylic acids is 2. The summed E-state index contributed by atoms with van der Waals surface area (Å²) >= 11 is 0. The molecule has 6 heteroatoms. The molecule has 0 spiro atoms. The van der Waals surface area contributed by atoms with Crippen molar-refractivity contribution in [1.29, 1.82) is 0 Å². The summed E-state index contributed by atoms with van der Waals surface area (Å²) in [4.78, 5) is 26.9. The second kappa shape index (κ2) is 9.37. The molecule has 0 unspecified atom stereocenters. The van der Waals surface area contributed by atoms with Crippen molar-refractivity contribution in [2.45, 2.75) is 32.9 Å². The number of benzene rings is 2. The van der Waals surface area contributed by atoms with Crippen LogP contribution in [0.25, 0.3) is 0 Å². The highest BCUT2D eigenvalue weighted by Gasteiger charge is 2.17. The number of carbonyl (C=O) groups is 2. The Morgan fingerprint density at radius 2 is 1.75 bits per heavy atom. The summed E-state index contributed by atoms with van der Waals surface area (Å²) in [6, 6.07) is 15.3. The topological polar surface area (TPSA) is 73.5 Å². The monoisotopic (exact) mass is 380 g/mol. The van der Waals surface area contributed by atoms with E-state index in [0.29, 0.717) is 17.8 Å². The standard InChI is InChI=1S/C22H28N4O2/c1-16(2)24-22(28)25-20-10-6-5-9-19(20)21(27)23-12-14-26-13-11-17-7-3-4-8-18(17)15-26/h3-10,16H,11-15H2,1-2H3,(H,23,27)(H2,24,25,28). The lowest BCUT2D eigenvalue weighted by Gasteiger charge is -2.28. The van der Waals surface area contributed by atoms with E-state index in [1.54, 1.807) is 24.3 Å². The second-order valence-electron chi connectivity index (χ2n) is 7.35. The lowest BCUT2D eigenvalue weighted by molar-refractivity contribution is 0.0948. The Bertz CT molecular complexity index is 835. The summed E-state index contributed by atoms with van der Waals surface area (Å²) in [5.41, 5.74) is 3.75. The Labute approximate surface area is 166 Å². The Morgan fingerprint density at radius 3 is 2.54 bits per heavy atom. The van der Waals surface area contributed by atoms with Crippen LogP contribution >= 0.6 is 0 Å². The van der Waals surface area contributed by atoms with Crippen molar-refractivity contribution in [3.63, 3.8) is 0 Å². The zero-order valence-electron chi connectivity index (χ0n) is 16.5. The Morgan fingerprint density at radius 1 is 1.04 bits per heavy atom. The van der Waals surface area contributed by atoms with Gasteiger partial charge in [0.15, 0.2) is 0 Å². The number of para-hydroxylation sites is 1. The molecule has 1 aliphatic heterocycles. The van der Waals surface area contributed by atoms with Crippen LogP contribution in [0.5, 0.6) is 0 Å². The molecule has 0 saturated carbocycles. The summed E-state index contributed by atoms with van der Waals surface area (Å²) in [6.45, 7) is 7.05. The first-order valence-electron chi connectivity index (χ1n) is 9.77. The van der Waals surface area contributed by atoms with E-state index >= 15 is 0 Å². The predicted octanol–water partition coefficient (Wildman–Crippen LogP) is 3.00. The molecule has 3 amide bonds. The third kappa shape index (κ3) is 5.33. The molecule has 0 fully saturated rings. The number of hydrogen-bond acceptors (Lipinski definition) is 3. The number of fused-ring (bicyclic) bond motifs is 1. The van der Waals surface area contributed by atoms with Gasteiger partial charge in [-0.2, -0.15) is 0 Å². The molecule has 28 heavy (non-hydrogen) atoms. The minimum absolute atomic E-state index is 0.0238. The maximum Gasteiger partial charge on any atom is 0.319 e. The Kier molecular flexibility index (Phi) is 6.66. The fourth-order valence-corrected chi connectivity index (χ4v) is 3.38. The van der Waals surface area contributed by atoms with Gasteiger partial charge in [0, 0.05) is 32.2 Å². The highest BCUT2D eigenvalue weighted by atomic mass is 16.2. The summed E-state index contributed by atoms with van der Waals surface area (Å²) in [6.07, 6.45) is 1.04. The fraction of sp³-hybridized carbons (Fsp3) is 0.364. The van der Waals surface area contributed by atoms with E-state index < -0.39 is 0 Å². The van der Waals surface area contributed by atoms with Gasteiger partial charge in [0.25, 0.3) is 5.91 Å². The molecule has 0 saturated heterocycles. The van der Waals surface area contributed by atoms with Gasteiger partial charge >= 0.3 is 6.03 Å². The predicted molar refractivity (Wildman–Crippen MR) is 111 cm³/mol. The molecule has 1 heterocycles. The minimum Gasteiger partial charge on any atom is -0.351 e. The van der Waals surface area contributed by atoms with Crippen molar-refractivity contribution < 1.29 is 9.59 Å². The van der Waals surface area contributed by atoms with E-state index in [4.69, 9.17) is 0 Å². The number of rotatable bonds is 6. The van der Waals surface area contributed by atoms with Crippen LogP contribution < -0.4 is 16.0 Å². The minimum atomic E-state index is -0.317. The molecule has 3 N–H and O–H groups in total. The van der Waals surface area contributed by atoms with Gasteiger partial charge in [0.1, 0.15) is 0 Å². The third-order valence-corrected chi connectivity index (χ3v) is 4.76. The quantitative estimate of drug-likeness (QED) is 0.721. The van der Waals surface area contributed by atoms with Crippen molar-refractivity contribution in [3.8, 4) is 0 Å². The van der Waals surface area contributed by atoms with Crippen LogP contribution in [0.2, 0.25) is 0 Å². The molecule has 148 valence electrons. The van der Waals surface area contributed by atoms with Gasteiger partial charge in [-0.15, -0.1) is 0 Å². The fourth-order valence-electron chi connectivity index (χ4n) is 3.38. The molecule has 2 aromatic carbocycles. The van der Waals surface area contributed by atoms with Crippen molar-refractivity contribution in [2.75, 3.05) is 25.0 Å². The number of urea groups is 1. The first-order valence-corrected chi connectivity index (χ1v) is 9.77. The first-order chi connectivity index (χ1) is 13.5. The zero-order valence-corrected chi connectivity index (χ0v) is 16.5. The molecule has 0 atom stereocenters. The van der Waals surface area contributed by atoms with E-state index in [1.165, 1.54) is 11.1 Å². The van der Waals surface area contributed by atoms with Gasteiger partial charge in [-0.05, 0) is 43.5 Å². The van der Waals surface area contributed by atoms with Crippen molar-refractivity contribution in [2.24, 2.45) is 0 Å². The molecule has 6 nitrogen and oxygen atoms in total. The number of nitrogens with zero attached hydrogens (tertiary/aromatic N) is 1. The smallest absolute Gasteiger partial charge is 0.319 e. The van der Waals surface area contributed by atoms with Crippen molar-refractivity contribution in [1.82, 2.24) is 15.5 Å². The molecule has 0 aliphatic carbocycles. The molecule has 0 bridgehead atoms. The van der Waals surface area contributed by atoms with Crippen LogP contribution in [0.4, 0.5) is 10.5 Å². The summed E-state index contributed by atoms with van der Waals surface area (Å²) < 4.78 is 0. The van der Waals surface area contributed by atoms with E-state index in [1.807, 2.05) is 13.8 Å². The lowest BCUT2D eigenvalue weighted by atomic mass is 10.00. The largest absolute Gasteiger partial charge is 0.351 e. The van der Waals surface area contributed by atoms with Crippen LogP contribution in [0, 0.1) is 0 Å². The Balaban J connectivity index is 1.52. The number of hydrogen-bond donors (Lipinski definition) is 3.